The minimum Gasteiger partial charge on any atom is -0.376 e. The van der Waals surface area contributed by atoms with Crippen molar-refractivity contribution in [3.05, 3.63) is 59.2 Å². The lowest BCUT2D eigenvalue weighted by Crippen LogP contribution is -2.28. The monoisotopic (exact) mass is 393 g/mol. The van der Waals surface area contributed by atoms with Gasteiger partial charge in [-0.25, -0.2) is 0 Å². The van der Waals surface area contributed by atoms with E-state index in [9.17, 15) is 22.8 Å². The van der Waals surface area contributed by atoms with Gasteiger partial charge in [-0.15, -0.1) is 0 Å². The molecule has 0 aliphatic rings. The second-order valence-electron chi connectivity index (χ2n) is 6.55. The van der Waals surface area contributed by atoms with Crippen LogP contribution in [0.2, 0.25) is 0 Å². The van der Waals surface area contributed by atoms with Crippen LogP contribution in [0.3, 0.4) is 0 Å². The molecule has 0 aromatic heterocycles. The number of nitrogens with zero attached hydrogens (tertiary/aromatic N) is 1. The summed E-state index contributed by atoms with van der Waals surface area (Å²) < 4.78 is 38.8. The molecular formula is C20H22F3N3O2. The molecule has 28 heavy (non-hydrogen) atoms. The third-order valence-corrected chi connectivity index (χ3v) is 4.00. The summed E-state index contributed by atoms with van der Waals surface area (Å²) in [6.07, 6.45) is -4.58. The number of hydrogen-bond acceptors (Lipinski definition) is 3. The lowest BCUT2D eigenvalue weighted by molar-refractivity contribution is -0.137. The van der Waals surface area contributed by atoms with Crippen LogP contribution in [0.5, 0.6) is 0 Å². The number of alkyl halides is 3. The van der Waals surface area contributed by atoms with Crippen LogP contribution in [0.1, 0.15) is 27.9 Å². The van der Waals surface area contributed by atoms with Crippen LogP contribution in [-0.4, -0.2) is 32.5 Å². The van der Waals surface area contributed by atoms with Crippen LogP contribution in [0.4, 0.5) is 24.5 Å². The minimum absolute atomic E-state index is 0.0644. The number of halogens is 3. The highest BCUT2D eigenvalue weighted by Crippen LogP contribution is 2.34. The zero-order chi connectivity index (χ0) is 20.9. The van der Waals surface area contributed by atoms with Crippen LogP contribution < -0.4 is 15.5 Å². The van der Waals surface area contributed by atoms with Gasteiger partial charge in [-0.1, -0.05) is 17.7 Å². The van der Waals surface area contributed by atoms with E-state index in [1.807, 2.05) is 13.0 Å². The number of carbonyl (C=O) groups excluding carboxylic acids is 2. The van der Waals surface area contributed by atoms with E-state index in [-0.39, 0.29) is 24.6 Å². The van der Waals surface area contributed by atoms with E-state index in [0.717, 1.165) is 17.7 Å². The highest BCUT2D eigenvalue weighted by molar-refractivity contribution is 5.96. The van der Waals surface area contributed by atoms with Crippen molar-refractivity contribution in [3.63, 3.8) is 0 Å². The van der Waals surface area contributed by atoms with Crippen molar-refractivity contribution in [1.29, 1.82) is 0 Å². The summed E-state index contributed by atoms with van der Waals surface area (Å²) >= 11 is 0. The van der Waals surface area contributed by atoms with Gasteiger partial charge in [0.25, 0.3) is 5.91 Å². The molecule has 2 amide bonds. The van der Waals surface area contributed by atoms with Gasteiger partial charge in [-0.05, 0) is 37.3 Å². The Kier molecular flexibility index (Phi) is 6.66. The predicted molar refractivity (Wildman–Crippen MR) is 103 cm³/mol. The van der Waals surface area contributed by atoms with Crippen LogP contribution in [0.25, 0.3) is 0 Å². The summed E-state index contributed by atoms with van der Waals surface area (Å²) in [7, 11) is 3.33. The van der Waals surface area contributed by atoms with Gasteiger partial charge in [0.15, 0.2) is 0 Å². The molecule has 0 bridgehead atoms. The number of benzene rings is 2. The Morgan fingerprint density at radius 2 is 1.79 bits per heavy atom. The van der Waals surface area contributed by atoms with Crippen molar-refractivity contribution < 1.29 is 22.8 Å². The Morgan fingerprint density at radius 1 is 1.07 bits per heavy atom. The average Bonchev–Trinajstić information content (AvgIpc) is 2.60. The molecule has 2 aromatic rings. The standard InChI is InChI=1S/C20H22F3N3O2/c1-13-5-4-6-14(11-13)19(28)24-10-9-18(27)25-16-12-15(20(21,22)23)7-8-17(16)26(2)3/h4-8,11-12H,9-10H2,1-3H3,(H,24,28)(H,25,27). The van der Waals surface area contributed by atoms with E-state index < -0.39 is 17.6 Å². The van der Waals surface area contributed by atoms with Crippen molar-refractivity contribution in [2.24, 2.45) is 0 Å². The first-order chi connectivity index (χ1) is 13.1. The first-order valence-electron chi connectivity index (χ1n) is 8.61. The SMILES string of the molecule is Cc1cccc(C(=O)NCCC(=O)Nc2cc(C(F)(F)F)ccc2N(C)C)c1. The molecule has 8 heteroatoms. The number of nitrogens with one attached hydrogen (secondary N) is 2. The van der Waals surface area contributed by atoms with Crippen molar-refractivity contribution in [1.82, 2.24) is 5.32 Å². The maximum Gasteiger partial charge on any atom is 0.416 e. The van der Waals surface area contributed by atoms with Gasteiger partial charge in [0, 0.05) is 32.6 Å². The average molecular weight is 393 g/mol. The summed E-state index contributed by atoms with van der Waals surface area (Å²) in [6, 6.07) is 10.2. The fraction of sp³-hybridized carbons (Fsp3) is 0.300. The zero-order valence-corrected chi connectivity index (χ0v) is 15.9. The fourth-order valence-electron chi connectivity index (χ4n) is 2.59. The van der Waals surface area contributed by atoms with E-state index in [0.29, 0.717) is 11.3 Å². The van der Waals surface area contributed by atoms with Gasteiger partial charge in [-0.3, -0.25) is 9.59 Å². The molecule has 0 heterocycles. The van der Waals surface area contributed by atoms with Crippen LogP contribution in [0, 0.1) is 6.92 Å². The predicted octanol–water partition coefficient (Wildman–Crippen LogP) is 3.84. The normalized spacial score (nSPS) is 11.1. The number of aryl methyl sites for hydroxylation is 1. The van der Waals surface area contributed by atoms with Gasteiger partial charge in [-0.2, -0.15) is 13.2 Å². The molecule has 0 atom stereocenters. The van der Waals surface area contributed by atoms with E-state index >= 15 is 0 Å². The third-order valence-electron chi connectivity index (χ3n) is 4.00. The Hall–Kier alpha value is -3.03. The van der Waals surface area contributed by atoms with Crippen molar-refractivity contribution in [2.45, 2.75) is 19.5 Å². The lowest BCUT2D eigenvalue weighted by atomic mass is 10.1. The second-order valence-corrected chi connectivity index (χ2v) is 6.55. The Balaban J connectivity index is 1.99. The van der Waals surface area contributed by atoms with E-state index in [1.54, 1.807) is 37.2 Å². The lowest BCUT2D eigenvalue weighted by Gasteiger charge is -2.20. The number of hydrogen-bond donors (Lipinski definition) is 2. The Labute approximate surface area is 161 Å². The third kappa shape index (κ3) is 5.73. The molecule has 2 N–H and O–H groups in total. The van der Waals surface area contributed by atoms with Gasteiger partial charge in [0.2, 0.25) is 5.91 Å². The number of rotatable bonds is 6. The van der Waals surface area contributed by atoms with E-state index in [2.05, 4.69) is 10.6 Å². The number of amides is 2. The van der Waals surface area contributed by atoms with Gasteiger partial charge < -0.3 is 15.5 Å². The second kappa shape index (κ2) is 8.77. The summed E-state index contributed by atoms with van der Waals surface area (Å²) in [5.41, 5.74) is 1.08. The van der Waals surface area contributed by atoms with Gasteiger partial charge in [0.05, 0.1) is 16.9 Å². The molecule has 0 spiro atoms. The fourth-order valence-corrected chi connectivity index (χ4v) is 2.59. The first kappa shape index (κ1) is 21.3. The van der Waals surface area contributed by atoms with Crippen molar-refractivity contribution in [3.8, 4) is 0 Å². The molecule has 5 nitrogen and oxygen atoms in total. The Bertz CT molecular complexity index is 864. The van der Waals surface area contributed by atoms with Crippen LogP contribution in [-0.2, 0) is 11.0 Å². The van der Waals surface area contributed by atoms with Crippen molar-refractivity contribution >= 4 is 23.2 Å². The molecule has 0 aliphatic heterocycles. The molecular weight excluding hydrogens is 371 g/mol. The largest absolute Gasteiger partial charge is 0.416 e. The zero-order valence-electron chi connectivity index (χ0n) is 15.9. The van der Waals surface area contributed by atoms with E-state index in [4.69, 9.17) is 0 Å². The molecule has 0 fully saturated rings. The molecule has 0 saturated heterocycles. The van der Waals surface area contributed by atoms with Crippen LogP contribution in [0.15, 0.2) is 42.5 Å². The molecule has 2 aromatic carbocycles. The summed E-state index contributed by atoms with van der Waals surface area (Å²) in [6.45, 7) is 1.93. The van der Waals surface area contributed by atoms with Gasteiger partial charge >= 0.3 is 6.18 Å². The summed E-state index contributed by atoms with van der Waals surface area (Å²) in [5.74, 6) is -0.809. The minimum atomic E-state index is -4.51. The molecule has 0 saturated carbocycles. The van der Waals surface area contributed by atoms with Gasteiger partial charge in [0.1, 0.15) is 0 Å². The maximum absolute atomic E-state index is 12.9. The molecule has 0 radical (unpaired) electrons. The number of carbonyl (C=O) groups is 2. The summed E-state index contributed by atoms with van der Waals surface area (Å²) in [5, 5.41) is 5.12. The quantitative estimate of drug-likeness (QED) is 0.784. The van der Waals surface area contributed by atoms with Crippen molar-refractivity contribution in [2.75, 3.05) is 30.9 Å². The Morgan fingerprint density at radius 3 is 2.39 bits per heavy atom. The molecule has 0 unspecified atom stereocenters. The maximum atomic E-state index is 12.9. The molecule has 0 aliphatic carbocycles. The molecule has 2 rings (SSSR count). The highest BCUT2D eigenvalue weighted by Gasteiger charge is 2.31. The topological polar surface area (TPSA) is 61.4 Å². The molecule has 150 valence electrons. The first-order valence-corrected chi connectivity index (χ1v) is 8.61. The smallest absolute Gasteiger partial charge is 0.376 e. The number of anilines is 2. The van der Waals surface area contributed by atoms with E-state index in [1.165, 1.54) is 6.07 Å². The highest BCUT2D eigenvalue weighted by atomic mass is 19.4. The van der Waals surface area contributed by atoms with Crippen LogP contribution >= 0.6 is 0 Å². The summed E-state index contributed by atoms with van der Waals surface area (Å²) in [4.78, 5) is 25.8.